The van der Waals surface area contributed by atoms with E-state index in [-0.39, 0.29) is 11.7 Å². The van der Waals surface area contributed by atoms with Gasteiger partial charge < -0.3 is 4.90 Å². The zero-order chi connectivity index (χ0) is 13.7. The SMILES string of the molecule is C=CCN(C)C(=O)[C@@H](c1cccc(F)c1)N(C)C. The molecule has 0 fully saturated rings. The molecule has 4 heteroatoms. The van der Waals surface area contributed by atoms with Crippen LogP contribution < -0.4 is 0 Å². The number of carbonyl (C=O) groups excluding carboxylic acids is 1. The molecule has 3 nitrogen and oxygen atoms in total. The van der Waals surface area contributed by atoms with Gasteiger partial charge in [-0.25, -0.2) is 4.39 Å². The molecular formula is C14H19FN2O. The normalized spacial score (nSPS) is 12.3. The standard InChI is InChI=1S/C14H19FN2O/c1-5-9-17(4)14(18)13(16(2)3)11-7-6-8-12(15)10-11/h5-8,10,13H,1,9H2,2-4H3/t13-/m1/s1. The van der Waals surface area contributed by atoms with Crippen LogP contribution in [-0.2, 0) is 4.79 Å². The van der Waals surface area contributed by atoms with Crippen LogP contribution in [-0.4, -0.2) is 43.4 Å². The Morgan fingerprint density at radius 1 is 1.44 bits per heavy atom. The van der Waals surface area contributed by atoms with Gasteiger partial charge in [0, 0.05) is 13.6 Å². The van der Waals surface area contributed by atoms with Crippen molar-refractivity contribution in [3.05, 3.63) is 48.3 Å². The molecule has 18 heavy (non-hydrogen) atoms. The molecule has 0 N–H and O–H groups in total. The predicted molar refractivity (Wildman–Crippen MR) is 70.7 cm³/mol. The molecule has 0 aliphatic rings. The molecule has 1 aromatic carbocycles. The Labute approximate surface area is 108 Å². The minimum Gasteiger partial charge on any atom is -0.340 e. The molecule has 0 heterocycles. The molecule has 0 spiro atoms. The summed E-state index contributed by atoms with van der Waals surface area (Å²) in [6.45, 7) is 4.08. The molecule has 1 aromatic rings. The highest BCUT2D eigenvalue weighted by molar-refractivity contribution is 5.83. The van der Waals surface area contributed by atoms with Crippen molar-refractivity contribution in [2.45, 2.75) is 6.04 Å². The van der Waals surface area contributed by atoms with E-state index in [0.717, 1.165) is 0 Å². The van der Waals surface area contributed by atoms with E-state index in [4.69, 9.17) is 0 Å². The van der Waals surface area contributed by atoms with Crippen LogP contribution >= 0.6 is 0 Å². The van der Waals surface area contributed by atoms with E-state index in [9.17, 15) is 9.18 Å². The van der Waals surface area contributed by atoms with Crippen LogP contribution in [0.15, 0.2) is 36.9 Å². The van der Waals surface area contributed by atoms with Crippen molar-refractivity contribution in [2.24, 2.45) is 0 Å². The topological polar surface area (TPSA) is 23.6 Å². The van der Waals surface area contributed by atoms with Gasteiger partial charge in [0.05, 0.1) is 0 Å². The van der Waals surface area contributed by atoms with E-state index in [1.807, 2.05) is 0 Å². The molecule has 0 radical (unpaired) electrons. The summed E-state index contributed by atoms with van der Waals surface area (Å²) in [6.07, 6.45) is 1.66. The van der Waals surface area contributed by atoms with E-state index in [2.05, 4.69) is 6.58 Å². The van der Waals surface area contributed by atoms with Crippen molar-refractivity contribution < 1.29 is 9.18 Å². The number of carbonyl (C=O) groups is 1. The first kappa shape index (κ1) is 14.4. The van der Waals surface area contributed by atoms with Gasteiger partial charge in [0.15, 0.2) is 0 Å². The number of rotatable bonds is 5. The monoisotopic (exact) mass is 250 g/mol. The van der Waals surface area contributed by atoms with Gasteiger partial charge in [0.1, 0.15) is 11.9 Å². The van der Waals surface area contributed by atoms with Gasteiger partial charge in [-0.2, -0.15) is 0 Å². The average molecular weight is 250 g/mol. The lowest BCUT2D eigenvalue weighted by Gasteiger charge is -2.28. The highest BCUT2D eigenvalue weighted by atomic mass is 19.1. The third-order valence-corrected chi connectivity index (χ3v) is 2.69. The van der Waals surface area contributed by atoms with Gasteiger partial charge in [0.25, 0.3) is 0 Å². The Balaban J connectivity index is 3.03. The third kappa shape index (κ3) is 3.40. The fraction of sp³-hybridized carbons (Fsp3) is 0.357. The lowest BCUT2D eigenvalue weighted by Crippen LogP contribution is -2.38. The minimum atomic E-state index is -0.481. The molecule has 0 unspecified atom stereocenters. The quantitative estimate of drug-likeness (QED) is 0.747. The van der Waals surface area contributed by atoms with Gasteiger partial charge in [-0.05, 0) is 31.8 Å². The number of halogens is 1. The van der Waals surface area contributed by atoms with E-state index < -0.39 is 6.04 Å². The van der Waals surface area contributed by atoms with E-state index in [1.54, 1.807) is 49.2 Å². The number of amides is 1. The molecule has 0 saturated heterocycles. The van der Waals surface area contributed by atoms with Crippen molar-refractivity contribution in [1.82, 2.24) is 9.80 Å². The van der Waals surface area contributed by atoms with Crippen molar-refractivity contribution in [1.29, 1.82) is 0 Å². The zero-order valence-corrected chi connectivity index (χ0v) is 11.1. The second-order valence-electron chi connectivity index (χ2n) is 4.43. The predicted octanol–water partition coefficient (Wildman–Crippen LogP) is 2.07. The van der Waals surface area contributed by atoms with Crippen LogP contribution in [0.25, 0.3) is 0 Å². The van der Waals surface area contributed by atoms with Crippen molar-refractivity contribution in [3.8, 4) is 0 Å². The molecule has 1 rings (SSSR count). The lowest BCUT2D eigenvalue weighted by molar-refractivity contribution is -0.134. The summed E-state index contributed by atoms with van der Waals surface area (Å²) in [5, 5.41) is 0. The molecule has 0 bridgehead atoms. The minimum absolute atomic E-state index is 0.0782. The molecule has 1 atom stereocenters. The Kier molecular flexibility index (Phi) is 5.04. The van der Waals surface area contributed by atoms with Crippen LogP contribution in [0.4, 0.5) is 4.39 Å². The molecule has 1 amide bonds. The Morgan fingerprint density at radius 3 is 2.61 bits per heavy atom. The number of benzene rings is 1. The summed E-state index contributed by atoms with van der Waals surface area (Å²) >= 11 is 0. The van der Waals surface area contributed by atoms with Crippen molar-refractivity contribution in [3.63, 3.8) is 0 Å². The van der Waals surface area contributed by atoms with Gasteiger partial charge in [-0.1, -0.05) is 18.2 Å². The highest BCUT2D eigenvalue weighted by Gasteiger charge is 2.25. The number of hydrogen-bond donors (Lipinski definition) is 0. The Bertz CT molecular complexity index is 432. The van der Waals surface area contributed by atoms with E-state index in [1.165, 1.54) is 12.1 Å². The molecule has 98 valence electrons. The number of likely N-dealkylation sites (N-methyl/N-ethyl adjacent to an activating group) is 2. The van der Waals surface area contributed by atoms with Gasteiger partial charge in [0.2, 0.25) is 5.91 Å². The fourth-order valence-corrected chi connectivity index (χ4v) is 1.83. The van der Waals surface area contributed by atoms with Gasteiger partial charge in [-0.3, -0.25) is 9.69 Å². The summed E-state index contributed by atoms with van der Waals surface area (Å²) in [7, 11) is 5.31. The lowest BCUT2D eigenvalue weighted by atomic mass is 10.0. The fourth-order valence-electron chi connectivity index (χ4n) is 1.83. The molecular weight excluding hydrogens is 231 g/mol. The van der Waals surface area contributed by atoms with Crippen LogP contribution in [0, 0.1) is 5.82 Å². The summed E-state index contributed by atoms with van der Waals surface area (Å²) in [5.41, 5.74) is 0.654. The average Bonchev–Trinajstić information content (AvgIpc) is 2.29. The zero-order valence-electron chi connectivity index (χ0n) is 11.1. The maximum atomic E-state index is 13.2. The first-order chi connectivity index (χ1) is 8.47. The maximum absolute atomic E-state index is 13.2. The first-order valence-electron chi connectivity index (χ1n) is 5.75. The largest absolute Gasteiger partial charge is 0.340 e. The summed E-state index contributed by atoms with van der Waals surface area (Å²) < 4.78 is 13.2. The van der Waals surface area contributed by atoms with Crippen LogP contribution in [0.5, 0.6) is 0 Å². The van der Waals surface area contributed by atoms with E-state index >= 15 is 0 Å². The molecule has 0 aliphatic heterocycles. The summed E-state index contributed by atoms with van der Waals surface area (Å²) in [4.78, 5) is 15.6. The second kappa shape index (κ2) is 6.31. The summed E-state index contributed by atoms with van der Waals surface area (Å²) in [6, 6.07) is 5.65. The van der Waals surface area contributed by atoms with Crippen LogP contribution in [0.1, 0.15) is 11.6 Å². The van der Waals surface area contributed by atoms with Crippen molar-refractivity contribution >= 4 is 5.91 Å². The maximum Gasteiger partial charge on any atom is 0.244 e. The van der Waals surface area contributed by atoms with Gasteiger partial charge in [-0.15, -0.1) is 6.58 Å². The van der Waals surface area contributed by atoms with E-state index in [0.29, 0.717) is 12.1 Å². The Hall–Kier alpha value is -1.68. The molecule has 0 aliphatic carbocycles. The molecule has 0 saturated carbocycles. The number of nitrogens with zero attached hydrogens (tertiary/aromatic N) is 2. The Morgan fingerprint density at radius 2 is 2.11 bits per heavy atom. The van der Waals surface area contributed by atoms with Crippen LogP contribution in [0.2, 0.25) is 0 Å². The highest BCUT2D eigenvalue weighted by Crippen LogP contribution is 2.21. The summed E-state index contributed by atoms with van der Waals surface area (Å²) in [5.74, 6) is -0.413. The third-order valence-electron chi connectivity index (χ3n) is 2.69. The first-order valence-corrected chi connectivity index (χ1v) is 5.75. The number of hydrogen-bond acceptors (Lipinski definition) is 2. The smallest absolute Gasteiger partial charge is 0.244 e. The van der Waals surface area contributed by atoms with Gasteiger partial charge >= 0.3 is 0 Å². The van der Waals surface area contributed by atoms with Crippen LogP contribution in [0.3, 0.4) is 0 Å². The van der Waals surface area contributed by atoms with Crippen molar-refractivity contribution in [2.75, 3.05) is 27.7 Å². The molecule has 0 aromatic heterocycles. The second-order valence-corrected chi connectivity index (χ2v) is 4.43.